The molecule has 46 heavy (non-hydrogen) atoms. The van der Waals surface area contributed by atoms with Gasteiger partial charge >= 0.3 is 11.9 Å². The Morgan fingerprint density at radius 2 is 1.11 bits per heavy atom. The predicted molar refractivity (Wildman–Crippen MR) is 185 cm³/mol. The van der Waals surface area contributed by atoms with Crippen LogP contribution in [-0.4, -0.2) is 70.0 Å². The molecule has 0 aliphatic carbocycles. The van der Waals surface area contributed by atoms with Crippen molar-refractivity contribution < 1.29 is 42.1 Å². The van der Waals surface area contributed by atoms with Gasteiger partial charge in [0.2, 0.25) is 0 Å². The largest absolute Gasteiger partial charge is 0.756 e. The third kappa shape index (κ3) is 32.7. The van der Waals surface area contributed by atoms with Crippen LogP contribution in [0.15, 0.2) is 12.2 Å². The molecule has 0 saturated carbocycles. The fourth-order valence-electron chi connectivity index (χ4n) is 4.82. The molecule has 0 bridgehead atoms. The van der Waals surface area contributed by atoms with Gasteiger partial charge in [-0.3, -0.25) is 14.2 Å². The average Bonchev–Trinajstić information content (AvgIpc) is 2.99. The number of hydrogen-bond acceptors (Lipinski definition) is 8. The summed E-state index contributed by atoms with van der Waals surface area (Å²) in [4.78, 5) is 37.2. The summed E-state index contributed by atoms with van der Waals surface area (Å²) in [5.41, 5.74) is 0. The van der Waals surface area contributed by atoms with Crippen molar-refractivity contribution in [2.75, 3.05) is 47.5 Å². The van der Waals surface area contributed by atoms with Crippen LogP contribution in [0.5, 0.6) is 0 Å². The van der Waals surface area contributed by atoms with Crippen molar-refractivity contribution in [1.82, 2.24) is 0 Å². The Morgan fingerprint density at radius 3 is 1.63 bits per heavy atom. The van der Waals surface area contributed by atoms with E-state index < -0.39 is 26.5 Å². The highest BCUT2D eigenvalue weighted by molar-refractivity contribution is 7.45. The molecule has 2 atom stereocenters. The highest BCUT2D eigenvalue weighted by Gasteiger charge is 2.21. The normalized spacial score (nSPS) is 14.0. The molecule has 0 radical (unpaired) electrons. The molecule has 9 nitrogen and oxygen atoms in total. The molecule has 0 aromatic heterocycles. The predicted octanol–water partition coefficient (Wildman–Crippen LogP) is 8.83. The standard InChI is InChI=1S/C36H70NO8P/c1-6-8-10-12-14-16-17-18-19-21-23-25-27-29-36(39)45-34(33-44-46(40,41)43-31-30-37(3,4)5)32-42-35(38)28-26-24-22-20-15-13-11-9-7-2/h16-17,34H,6-15,18-33H2,1-5H3/b17-16-/t34-/m1/s1. The topological polar surface area (TPSA) is 111 Å². The Hall–Kier alpha value is -1.25. The van der Waals surface area contributed by atoms with Crippen molar-refractivity contribution >= 4 is 19.8 Å². The molecule has 0 rings (SSSR count). The molecule has 272 valence electrons. The third-order valence-electron chi connectivity index (χ3n) is 7.79. The van der Waals surface area contributed by atoms with E-state index in [0.29, 0.717) is 17.4 Å². The summed E-state index contributed by atoms with van der Waals surface area (Å²) in [6.07, 6.45) is 26.7. The third-order valence-corrected chi connectivity index (χ3v) is 8.75. The molecule has 1 unspecified atom stereocenters. The van der Waals surface area contributed by atoms with Crippen molar-refractivity contribution in [2.45, 2.75) is 161 Å². The van der Waals surface area contributed by atoms with Crippen LogP contribution in [0.4, 0.5) is 0 Å². The maximum Gasteiger partial charge on any atom is 0.306 e. The van der Waals surface area contributed by atoms with Gasteiger partial charge in [0.1, 0.15) is 19.8 Å². The Morgan fingerprint density at radius 1 is 0.652 bits per heavy atom. The van der Waals surface area contributed by atoms with Gasteiger partial charge in [0.05, 0.1) is 27.7 Å². The summed E-state index contributed by atoms with van der Waals surface area (Å²) < 4.78 is 33.6. The van der Waals surface area contributed by atoms with Crippen LogP contribution < -0.4 is 4.89 Å². The minimum atomic E-state index is -4.61. The van der Waals surface area contributed by atoms with Gasteiger partial charge in [-0.25, -0.2) is 0 Å². The fourth-order valence-corrected chi connectivity index (χ4v) is 5.55. The molecule has 0 N–H and O–H groups in total. The van der Waals surface area contributed by atoms with Gasteiger partial charge in [-0.1, -0.05) is 116 Å². The lowest BCUT2D eigenvalue weighted by Crippen LogP contribution is -2.37. The molecule has 0 saturated heterocycles. The minimum absolute atomic E-state index is 0.0300. The number of carbonyl (C=O) groups is 2. The lowest BCUT2D eigenvalue weighted by molar-refractivity contribution is -0.870. The first-order valence-corrected chi connectivity index (χ1v) is 19.9. The maximum atomic E-state index is 12.6. The second-order valence-electron chi connectivity index (χ2n) is 13.6. The SMILES string of the molecule is CCCCCC/C=C\CCCCCCCC(=O)O[C@H](COC(=O)CCCCCCCCCCC)COP(=O)([O-])OCC[N+](C)(C)C. The van der Waals surface area contributed by atoms with E-state index in [1.54, 1.807) is 0 Å². The van der Waals surface area contributed by atoms with Crippen LogP contribution in [0.25, 0.3) is 0 Å². The molecular weight excluding hydrogens is 605 g/mol. The minimum Gasteiger partial charge on any atom is -0.756 e. The molecule has 0 amide bonds. The van der Waals surface area contributed by atoms with Gasteiger partial charge in [0.15, 0.2) is 6.10 Å². The van der Waals surface area contributed by atoms with Gasteiger partial charge in [0.25, 0.3) is 7.82 Å². The highest BCUT2D eigenvalue weighted by Crippen LogP contribution is 2.38. The van der Waals surface area contributed by atoms with Crippen molar-refractivity contribution in [3.63, 3.8) is 0 Å². The number of allylic oxidation sites excluding steroid dienone is 2. The first-order valence-electron chi connectivity index (χ1n) is 18.4. The zero-order valence-electron chi connectivity index (χ0n) is 30.3. The number of esters is 2. The van der Waals surface area contributed by atoms with Crippen LogP contribution in [0.2, 0.25) is 0 Å². The Labute approximate surface area is 282 Å². The summed E-state index contributed by atoms with van der Waals surface area (Å²) in [7, 11) is 1.16. The highest BCUT2D eigenvalue weighted by atomic mass is 31.2. The lowest BCUT2D eigenvalue weighted by atomic mass is 10.1. The van der Waals surface area contributed by atoms with E-state index >= 15 is 0 Å². The Bertz CT molecular complexity index is 814. The van der Waals surface area contributed by atoms with Crippen molar-refractivity contribution in [1.29, 1.82) is 0 Å². The summed E-state index contributed by atoms with van der Waals surface area (Å²) >= 11 is 0. The van der Waals surface area contributed by atoms with E-state index in [4.69, 9.17) is 18.5 Å². The number of phosphoric ester groups is 1. The van der Waals surface area contributed by atoms with E-state index in [-0.39, 0.29) is 32.0 Å². The van der Waals surface area contributed by atoms with Crippen LogP contribution in [-0.2, 0) is 32.7 Å². The van der Waals surface area contributed by atoms with Crippen LogP contribution in [0.1, 0.15) is 155 Å². The molecule has 0 aromatic carbocycles. The number of ether oxygens (including phenoxy) is 2. The van der Waals surface area contributed by atoms with E-state index in [2.05, 4.69) is 26.0 Å². The number of unbranched alkanes of at least 4 members (excludes halogenated alkanes) is 17. The first kappa shape index (κ1) is 44.8. The number of quaternary nitrogens is 1. The van der Waals surface area contributed by atoms with Gasteiger partial charge in [-0.05, 0) is 38.5 Å². The van der Waals surface area contributed by atoms with Gasteiger partial charge < -0.3 is 27.9 Å². The maximum absolute atomic E-state index is 12.6. The lowest BCUT2D eigenvalue weighted by Gasteiger charge is -2.28. The second kappa shape index (κ2) is 29.9. The van der Waals surface area contributed by atoms with E-state index in [1.165, 1.54) is 70.6 Å². The summed E-state index contributed by atoms with van der Waals surface area (Å²) in [6, 6.07) is 0. The average molecular weight is 676 g/mol. The van der Waals surface area contributed by atoms with Crippen LogP contribution in [0, 0.1) is 0 Å². The summed E-state index contributed by atoms with van der Waals surface area (Å²) in [5.74, 6) is -0.846. The Balaban J connectivity index is 4.47. The number of hydrogen-bond donors (Lipinski definition) is 0. The molecule has 0 aliphatic heterocycles. The van der Waals surface area contributed by atoms with Crippen molar-refractivity contribution in [2.24, 2.45) is 0 Å². The number of nitrogens with zero attached hydrogens (tertiary/aromatic N) is 1. The molecule has 0 aliphatic rings. The molecule has 0 spiro atoms. The van der Waals surface area contributed by atoms with Gasteiger partial charge in [-0.15, -0.1) is 0 Å². The molecule has 0 fully saturated rings. The van der Waals surface area contributed by atoms with Crippen molar-refractivity contribution in [3.8, 4) is 0 Å². The van der Waals surface area contributed by atoms with Gasteiger partial charge in [0, 0.05) is 12.8 Å². The quantitative estimate of drug-likeness (QED) is 0.0223. The number of likely N-dealkylation sites (N-methyl/N-ethyl adjacent to an activating group) is 1. The molecule has 0 heterocycles. The van der Waals surface area contributed by atoms with Crippen LogP contribution >= 0.6 is 7.82 Å². The van der Waals surface area contributed by atoms with Gasteiger partial charge in [-0.2, -0.15) is 0 Å². The fraction of sp³-hybridized carbons (Fsp3) is 0.889. The zero-order chi connectivity index (χ0) is 34.4. The van der Waals surface area contributed by atoms with E-state index in [9.17, 15) is 19.0 Å². The van der Waals surface area contributed by atoms with Crippen LogP contribution in [0.3, 0.4) is 0 Å². The zero-order valence-corrected chi connectivity index (χ0v) is 31.2. The summed E-state index contributed by atoms with van der Waals surface area (Å²) in [5, 5.41) is 0. The monoisotopic (exact) mass is 675 g/mol. The molecule has 10 heteroatoms. The first-order chi connectivity index (χ1) is 22.0. The van der Waals surface area contributed by atoms with Crippen molar-refractivity contribution in [3.05, 3.63) is 12.2 Å². The summed E-state index contributed by atoms with van der Waals surface area (Å²) in [6.45, 7) is 4.16. The van der Waals surface area contributed by atoms with E-state index in [1.807, 2.05) is 21.1 Å². The molecular formula is C36H70NO8P. The van der Waals surface area contributed by atoms with E-state index in [0.717, 1.165) is 51.4 Å². The number of rotatable bonds is 33. The Kier molecular flexibility index (Phi) is 29.0. The number of carbonyl (C=O) groups excluding carboxylic acids is 2. The second-order valence-corrected chi connectivity index (χ2v) is 15.0. The smallest absolute Gasteiger partial charge is 0.306 e. The molecule has 0 aromatic rings. The number of phosphoric acid groups is 1.